The highest BCUT2D eigenvalue weighted by atomic mass is 16.5. The molecule has 2 heteroatoms. The molecule has 1 aliphatic carbocycles. The molecule has 104 valence electrons. The van der Waals surface area contributed by atoms with Gasteiger partial charge < -0.3 is 10.1 Å². The van der Waals surface area contributed by atoms with Crippen LogP contribution < -0.4 is 10.1 Å². The summed E-state index contributed by atoms with van der Waals surface area (Å²) in [7, 11) is 3.79. The van der Waals surface area contributed by atoms with Crippen molar-refractivity contribution < 1.29 is 4.74 Å². The Kier molecular flexibility index (Phi) is 3.75. The van der Waals surface area contributed by atoms with Crippen LogP contribution >= 0.6 is 0 Å². The van der Waals surface area contributed by atoms with Crippen molar-refractivity contribution in [2.45, 2.75) is 24.8 Å². The quantitative estimate of drug-likeness (QED) is 0.920. The Hall–Kier alpha value is -1.80. The summed E-state index contributed by atoms with van der Waals surface area (Å²) in [5.74, 6) is 1.33. The highest BCUT2D eigenvalue weighted by Gasteiger charge is 2.29. The first-order valence-electron chi connectivity index (χ1n) is 7.22. The summed E-state index contributed by atoms with van der Waals surface area (Å²) in [5.41, 5.74) is 4.26. The van der Waals surface area contributed by atoms with E-state index in [4.69, 9.17) is 4.74 Å². The molecule has 0 bridgehead atoms. The Morgan fingerprint density at radius 1 is 1.10 bits per heavy atom. The molecule has 0 aromatic heterocycles. The number of nitrogens with one attached hydrogen (secondary N) is 1. The standard InChI is InChI=1S/C18H21NO/c1-19-17-11-10-13-6-3-4-9-16(13)18(17)14-7-5-8-15(12-14)20-2/h3-9,12,17-19H,10-11H2,1-2H3/t17-,18-/m1/s1. The van der Waals surface area contributed by atoms with Crippen LogP contribution in [0.15, 0.2) is 48.5 Å². The third-order valence-electron chi connectivity index (χ3n) is 4.34. The predicted molar refractivity (Wildman–Crippen MR) is 82.4 cm³/mol. The van der Waals surface area contributed by atoms with Gasteiger partial charge in [0.25, 0.3) is 0 Å². The van der Waals surface area contributed by atoms with Gasteiger partial charge in [0.05, 0.1) is 7.11 Å². The second-order valence-electron chi connectivity index (χ2n) is 5.39. The predicted octanol–water partition coefficient (Wildman–Crippen LogP) is 3.36. The molecular formula is C18H21NO. The molecule has 0 heterocycles. The van der Waals surface area contributed by atoms with Gasteiger partial charge >= 0.3 is 0 Å². The van der Waals surface area contributed by atoms with Crippen molar-refractivity contribution in [2.24, 2.45) is 0 Å². The minimum atomic E-state index is 0.403. The zero-order valence-electron chi connectivity index (χ0n) is 12.1. The number of benzene rings is 2. The molecular weight excluding hydrogens is 246 g/mol. The second-order valence-corrected chi connectivity index (χ2v) is 5.39. The molecule has 2 atom stereocenters. The molecule has 0 radical (unpaired) electrons. The molecule has 0 fully saturated rings. The number of hydrogen-bond donors (Lipinski definition) is 1. The van der Waals surface area contributed by atoms with Crippen molar-refractivity contribution in [3.8, 4) is 5.75 Å². The zero-order chi connectivity index (χ0) is 13.9. The van der Waals surface area contributed by atoms with Crippen molar-refractivity contribution >= 4 is 0 Å². The third kappa shape index (κ3) is 2.32. The number of methoxy groups -OCH3 is 1. The number of likely N-dealkylation sites (N-methyl/N-ethyl adjacent to an activating group) is 1. The fourth-order valence-corrected chi connectivity index (χ4v) is 3.32. The lowest BCUT2D eigenvalue weighted by Crippen LogP contribution is -2.36. The Balaban J connectivity index is 2.08. The Morgan fingerprint density at radius 2 is 1.95 bits per heavy atom. The van der Waals surface area contributed by atoms with E-state index >= 15 is 0 Å². The number of rotatable bonds is 3. The van der Waals surface area contributed by atoms with Crippen LogP contribution in [0.5, 0.6) is 5.75 Å². The van der Waals surface area contributed by atoms with Crippen LogP contribution in [0.2, 0.25) is 0 Å². The third-order valence-corrected chi connectivity index (χ3v) is 4.34. The lowest BCUT2D eigenvalue weighted by atomic mass is 9.75. The monoisotopic (exact) mass is 267 g/mol. The summed E-state index contributed by atoms with van der Waals surface area (Å²) in [6, 6.07) is 17.8. The normalized spacial score (nSPS) is 21.3. The first-order chi connectivity index (χ1) is 9.83. The first kappa shape index (κ1) is 13.2. The highest BCUT2D eigenvalue weighted by molar-refractivity contribution is 5.44. The lowest BCUT2D eigenvalue weighted by molar-refractivity contribution is 0.411. The van der Waals surface area contributed by atoms with Crippen LogP contribution in [0.3, 0.4) is 0 Å². The van der Waals surface area contributed by atoms with Gasteiger partial charge in [-0.2, -0.15) is 0 Å². The number of hydrogen-bond acceptors (Lipinski definition) is 2. The van der Waals surface area contributed by atoms with E-state index in [-0.39, 0.29) is 0 Å². The lowest BCUT2D eigenvalue weighted by Gasteiger charge is -2.34. The van der Waals surface area contributed by atoms with Crippen molar-refractivity contribution in [1.82, 2.24) is 5.32 Å². The number of aryl methyl sites for hydroxylation is 1. The van der Waals surface area contributed by atoms with E-state index in [0.29, 0.717) is 12.0 Å². The van der Waals surface area contributed by atoms with Crippen LogP contribution in [0.25, 0.3) is 0 Å². The van der Waals surface area contributed by atoms with Crippen LogP contribution in [0.1, 0.15) is 29.0 Å². The fraction of sp³-hybridized carbons (Fsp3) is 0.333. The smallest absolute Gasteiger partial charge is 0.119 e. The van der Waals surface area contributed by atoms with E-state index in [1.807, 2.05) is 6.07 Å². The molecule has 1 N–H and O–H groups in total. The highest BCUT2D eigenvalue weighted by Crippen LogP contribution is 2.37. The van der Waals surface area contributed by atoms with Gasteiger partial charge in [0.15, 0.2) is 0 Å². The van der Waals surface area contributed by atoms with E-state index in [9.17, 15) is 0 Å². The van der Waals surface area contributed by atoms with Gasteiger partial charge in [-0.1, -0.05) is 36.4 Å². The first-order valence-corrected chi connectivity index (χ1v) is 7.22. The fourth-order valence-electron chi connectivity index (χ4n) is 3.32. The van der Waals surface area contributed by atoms with Crippen LogP contribution in [-0.4, -0.2) is 20.2 Å². The van der Waals surface area contributed by atoms with E-state index in [1.165, 1.54) is 23.1 Å². The van der Waals surface area contributed by atoms with Crippen molar-refractivity contribution in [1.29, 1.82) is 0 Å². The molecule has 0 unspecified atom stereocenters. The molecule has 2 aromatic carbocycles. The van der Waals surface area contributed by atoms with E-state index in [0.717, 1.165) is 12.2 Å². The molecule has 0 spiro atoms. The largest absolute Gasteiger partial charge is 0.497 e. The van der Waals surface area contributed by atoms with Crippen LogP contribution in [-0.2, 0) is 6.42 Å². The molecule has 0 amide bonds. The maximum Gasteiger partial charge on any atom is 0.119 e. The van der Waals surface area contributed by atoms with Crippen molar-refractivity contribution in [3.05, 3.63) is 65.2 Å². The zero-order valence-corrected chi connectivity index (χ0v) is 12.1. The Morgan fingerprint density at radius 3 is 2.75 bits per heavy atom. The van der Waals surface area contributed by atoms with Crippen LogP contribution in [0, 0.1) is 0 Å². The number of fused-ring (bicyclic) bond motifs is 1. The summed E-state index contributed by atoms with van der Waals surface area (Å²) >= 11 is 0. The molecule has 2 aromatic rings. The molecule has 0 saturated heterocycles. The molecule has 20 heavy (non-hydrogen) atoms. The van der Waals surface area contributed by atoms with Gasteiger partial charge in [-0.05, 0) is 48.7 Å². The summed E-state index contributed by atoms with van der Waals surface area (Å²) < 4.78 is 5.38. The molecule has 0 saturated carbocycles. The maximum absolute atomic E-state index is 5.38. The van der Waals surface area contributed by atoms with Gasteiger partial charge in [-0.25, -0.2) is 0 Å². The maximum atomic E-state index is 5.38. The molecule has 3 rings (SSSR count). The van der Waals surface area contributed by atoms with Crippen molar-refractivity contribution in [2.75, 3.05) is 14.2 Å². The number of ether oxygens (including phenoxy) is 1. The topological polar surface area (TPSA) is 21.3 Å². The van der Waals surface area contributed by atoms with Gasteiger partial charge in [0.1, 0.15) is 5.75 Å². The molecule has 1 aliphatic rings. The molecule has 2 nitrogen and oxygen atoms in total. The summed E-state index contributed by atoms with van der Waals surface area (Å²) in [4.78, 5) is 0. The Labute approximate surface area is 120 Å². The average Bonchev–Trinajstić information content (AvgIpc) is 2.53. The minimum Gasteiger partial charge on any atom is -0.497 e. The molecule has 0 aliphatic heterocycles. The summed E-state index contributed by atoms with van der Waals surface area (Å²) in [6.07, 6.45) is 2.33. The minimum absolute atomic E-state index is 0.403. The average molecular weight is 267 g/mol. The SMILES string of the molecule is CN[C@@H]1CCc2ccccc2[C@H]1c1cccc(OC)c1. The van der Waals surface area contributed by atoms with E-state index in [2.05, 4.69) is 54.8 Å². The van der Waals surface area contributed by atoms with Gasteiger partial charge in [-0.15, -0.1) is 0 Å². The summed E-state index contributed by atoms with van der Waals surface area (Å²) in [5, 5.41) is 3.49. The van der Waals surface area contributed by atoms with Gasteiger partial charge in [-0.3, -0.25) is 0 Å². The van der Waals surface area contributed by atoms with Crippen LogP contribution in [0.4, 0.5) is 0 Å². The van der Waals surface area contributed by atoms with E-state index in [1.54, 1.807) is 7.11 Å². The van der Waals surface area contributed by atoms with E-state index < -0.39 is 0 Å². The van der Waals surface area contributed by atoms with Gasteiger partial charge in [0.2, 0.25) is 0 Å². The van der Waals surface area contributed by atoms with Gasteiger partial charge in [0, 0.05) is 12.0 Å². The van der Waals surface area contributed by atoms with Crippen molar-refractivity contribution in [3.63, 3.8) is 0 Å². The Bertz CT molecular complexity index is 593. The second kappa shape index (κ2) is 5.68. The summed E-state index contributed by atoms with van der Waals surface area (Å²) in [6.45, 7) is 0.